The number of fused-ring (bicyclic) bond motifs is 1. The maximum absolute atomic E-state index is 14.1. The summed E-state index contributed by atoms with van der Waals surface area (Å²) in [5.41, 5.74) is 3.78. The molecule has 2 aromatic carbocycles. The van der Waals surface area contributed by atoms with Gasteiger partial charge in [-0.05, 0) is 55.2 Å². The third-order valence-corrected chi connectivity index (χ3v) is 4.85. The van der Waals surface area contributed by atoms with Gasteiger partial charge in [0.25, 0.3) is 0 Å². The number of hydrogen-bond donors (Lipinski definition) is 1. The quantitative estimate of drug-likeness (QED) is 0.759. The van der Waals surface area contributed by atoms with Crippen LogP contribution >= 0.6 is 0 Å². The Hall–Kier alpha value is -2.82. The molecule has 1 aromatic heterocycles. The van der Waals surface area contributed by atoms with E-state index in [0.717, 1.165) is 48.8 Å². The molecule has 2 heterocycles. The zero-order valence-electron chi connectivity index (χ0n) is 14.8. The fourth-order valence-electron chi connectivity index (χ4n) is 3.45. The lowest BCUT2D eigenvalue weighted by molar-refractivity contribution is 0.414. The van der Waals surface area contributed by atoms with Crippen molar-refractivity contribution in [3.8, 4) is 11.4 Å². The number of ether oxygens (including phenoxy) is 1. The highest BCUT2D eigenvalue weighted by Gasteiger charge is 2.21. The second-order valence-corrected chi connectivity index (χ2v) is 6.54. The largest absolute Gasteiger partial charge is 0.497 e. The summed E-state index contributed by atoms with van der Waals surface area (Å²) in [6.45, 7) is 0.925. The maximum atomic E-state index is 14.1. The zero-order chi connectivity index (χ0) is 17.9. The van der Waals surface area contributed by atoms with Gasteiger partial charge in [-0.25, -0.2) is 9.07 Å². The molecule has 0 saturated carbocycles. The van der Waals surface area contributed by atoms with Gasteiger partial charge < -0.3 is 10.1 Å². The van der Waals surface area contributed by atoms with Crippen LogP contribution in [-0.2, 0) is 12.8 Å². The fourth-order valence-corrected chi connectivity index (χ4v) is 3.45. The van der Waals surface area contributed by atoms with Gasteiger partial charge in [0.2, 0.25) is 0 Å². The summed E-state index contributed by atoms with van der Waals surface area (Å²) in [7, 11) is 1.66. The van der Waals surface area contributed by atoms with Crippen molar-refractivity contribution in [1.82, 2.24) is 9.78 Å². The molecule has 1 aliphatic rings. The molecule has 4 rings (SSSR count). The van der Waals surface area contributed by atoms with Gasteiger partial charge in [0.1, 0.15) is 17.4 Å². The molecule has 0 aliphatic carbocycles. The van der Waals surface area contributed by atoms with Crippen LogP contribution in [0.3, 0.4) is 0 Å². The minimum Gasteiger partial charge on any atom is -0.497 e. The van der Waals surface area contributed by atoms with Gasteiger partial charge in [-0.3, -0.25) is 0 Å². The first-order chi connectivity index (χ1) is 12.8. The van der Waals surface area contributed by atoms with Crippen LogP contribution in [0.15, 0.2) is 48.5 Å². The second-order valence-electron chi connectivity index (χ2n) is 6.54. The van der Waals surface area contributed by atoms with Crippen LogP contribution < -0.4 is 10.1 Å². The average molecular weight is 351 g/mol. The Morgan fingerprint density at radius 3 is 2.69 bits per heavy atom. The van der Waals surface area contributed by atoms with Gasteiger partial charge in [0.05, 0.1) is 18.5 Å². The lowest BCUT2D eigenvalue weighted by Crippen LogP contribution is -2.07. The van der Waals surface area contributed by atoms with Gasteiger partial charge in [-0.15, -0.1) is 0 Å². The first-order valence-corrected chi connectivity index (χ1v) is 8.99. The van der Waals surface area contributed by atoms with Gasteiger partial charge >= 0.3 is 0 Å². The van der Waals surface area contributed by atoms with Crippen molar-refractivity contribution in [2.24, 2.45) is 0 Å². The number of hydrogen-bond acceptors (Lipinski definition) is 3. The van der Waals surface area contributed by atoms with E-state index in [1.807, 2.05) is 41.1 Å². The number of benzene rings is 2. The third-order valence-electron chi connectivity index (χ3n) is 4.85. The summed E-state index contributed by atoms with van der Waals surface area (Å²) < 4.78 is 21.3. The number of methoxy groups -OCH3 is 1. The molecule has 0 fully saturated rings. The Bertz CT molecular complexity index is 902. The SMILES string of the molecule is COc1ccc(-n2nc(Cc3ccccc3F)c3c2NCCCC3)cc1. The molecular formula is C21H22FN3O. The van der Waals surface area contributed by atoms with Gasteiger partial charge in [-0.1, -0.05) is 18.2 Å². The molecule has 0 bridgehead atoms. The van der Waals surface area contributed by atoms with Crippen LogP contribution in [0.1, 0.15) is 29.7 Å². The first-order valence-electron chi connectivity index (χ1n) is 8.99. The van der Waals surface area contributed by atoms with E-state index in [4.69, 9.17) is 9.84 Å². The molecular weight excluding hydrogens is 329 g/mol. The fraction of sp³-hybridized carbons (Fsp3) is 0.286. The molecule has 0 atom stereocenters. The maximum Gasteiger partial charge on any atom is 0.133 e. The van der Waals surface area contributed by atoms with Crippen molar-refractivity contribution in [3.63, 3.8) is 0 Å². The standard InChI is InChI=1S/C21H22FN3O/c1-26-17-11-9-16(10-12-17)25-21-18(7-4-5-13-23-21)20(24-25)14-15-6-2-3-8-19(15)22/h2-3,6,8-12,23H,4-5,7,13-14H2,1H3. The molecule has 0 radical (unpaired) electrons. The molecule has 0 unspecified atom stereocenters. The van der Waals surface area contributed by atoms with Crippen LogP contribution in [0.5, 0.6) is 5.75 Å². The Labute approximate surface area is 152 Å². The number of rotatable bonds is 4. The molecule has 0 amide bonds. The highest BCUT2D eigenvalue weighted by molar-refractivity contribution is 5.55. The van der Waals surface area contributed by atoms with E-state index in [0.29, 0.717) is 12.0 Å². The normalized spacial score (nSPS) is 13.6. The molecule has 1 aliphatic heterocycles. The van der Waals surface area contributed by atoms with Crippen molar-refractivity contribution >= 4 is 5.82 Å². The van der Waals surface area contributed by atoms with Crippen molar-refractivity contribution in [2.45, 2.75) is 25.7 Å². The van der Waals surface area contributed by atoms with Crippen molar-refractivity contribution < 1.29 is 9.13 Å². The Balaban J connectivity index is 1.77. The van der Waals surface area contributed by atoms with Crippen molar-refractivity contribution in [1.29, 1.82) is 0 Å². The summed E-state index contributed by atoms with van der Waals surface area (Å²) in [6.07, 6.45) is 3.69. The summed E-state index contributed by atoms with van der Waals surface area (Å²) in [6, 6.07) is 14.8. The Kier molecular flexibility index (Phi) is 4.61. The van der Waals surface area contributed by atoms with Crippen molar-refractivity contribution in [2.75, 3.05) is 19.0 Å². The molecule has 1 N–H and O–H groups in total. The number of nitrogens with one attached hydrogen (secondary N) is 1. The van der Waals surface area contributed by atoms with E-state index in [1.54, 1.807) is 13.2 Å². The van der Waals surface area contributed by atoms with Crippen LogP contribution in [0.25, 0.3) is 5.69 Å². The summed E-state index contributed by atoms with van der Waals surface area (Å²) in [5.74, 6) is 1.66. The highest BCUT2D eigenvalue weighted by Crippen LogP contribution is 2.30. The number of nitrogens with zero attached hydrogens (tertiary/aromatic N) is 2. The molecule has 26 heavy (non-hydrogen) atoms. The summed E-state index contributed by atoms with van der Waals surface area (Å²) in [5, 5.41) is 8.36. The van der Waals surface area contributed by atoms with E-state index in [1.165, 1.54) is 11.6 Å². The number of anilines is 1. The second kappa shape index (κ2) is 7.20. The minimum absolute atomic E-state index is 0.179. The van der Waals surface area contributed by atoms with Gasteiger partial charge in [0.15, 0.2) is 0 Å². The topological polar surface area (TPSA) is 39.1 Å². The van der Waals surface area contributed by atoms with Crippen LogP contribution in [0.2, 0.25) is 0 Å². The zero-order valence-corrected chi connectivity index (χ0v) is 14.8. The van der Waals surface area contributed by atoms with E-state index >= 15 is 0 Å². The predicted octanol–water partition coefficient (Wildman–Crippen LogP) is 4.36. The molecule has 4 nitrogen and oxygen atoms in total. The lowest BCUT2D eigenvalue weighted by atomic mass is 10.0. The smallest absolute Gasteiger partial charge is 0.133 e. The van der Waals surface area contributed by atoms with E-state index in [2.05, 4.69) is 5.32 Å². The molecule has 5 heteroatoms. The number of aromatic nitrogens is 2. The Morgan fingerprint density at radius 2 is 1.92 bits per heavy atom. The van der Waals surface area contributed by atoms with Crippen LogP contribution in [0.4, 0.5) is 10.2 Å². The van der Waals surface area contributed by atoms with Crippen LogP contribution in [0, 0.1) is 5.82 Å². The predicted molar refractivity (Wildman–Crippen MR) is 101 cm³/mol. The highest BCUT2D eigenvalue weighted by atomic mass is 19.1. The molecule has 0 spiro atoms. The minimum atomic E-state index is -0.179. The van der Waals surface area contributed by atoms with Crippen LogP contribution in [-0.4, -0.2) is 23.4 Å². The van der Waals surface area contributed by atoms with E-state index in [9.17, 15) is 4.39 Å². The average Bonchev–Trinajstić information content (AvgIpc) is 2.84. The number of halogens is 1. The lowest BCUT2D eigenvalue weighted by Gasteiger charge is -2.09. The first kappa shape index (κ1) is 16.6. The summed E-state index contributed by atoms with van der Waals surface area (Å²) in [4.78, 5) is 0. The van der Waals surface area contributed by atoms with E-state index in [-0.39, 0.29) is 5.82 Å². The third kappa shape index (κ3) is 3.17. The van der Waals surface area contributed by atoms with Gasteiger partial charge in [0, 0.05) is 18.5 Å². The monoisotopic (exact) mass is 351 g/mol. The van der Waals surface area contributed by atoms with Crippen molar-refractivity contribution in [3.05, 3.63) is 71.2 Å². The van der Waals surface area contributed by atoms with E-state index < -0.39 is 0 Å². The molecule has 3 aromatic rings. The Morgan fingerprint density at radius 1 is 1.12 bits per heavy atom. The summed E-state index contributed by atoms with van der Waals surface area (Å²) >= 11 is 0. The van der Waals surface area contributed by atoms with Gasteiger partial charge in [-0.2, -0.15) is 5.10 Å². The molecule has 134 valence electrons. The molecule has 0 saturated heterocycles.